The number of methoxy groups -OCH3 is 1. The minimum absolute atomic E-state index is 0.0964. The third-order valence-electron chi connectivity index (χ3n) is 2.34. The van der Waals surface area contributed by atoms with E-state index in [2.05, 4.69) is 19.5 Å². The lowest BCUT2D eigenvalue weighted by Gasteiger charge is -2.05. The normalized spacial score (nSPS) is 11.5. The van der Waals surface area contributed by atoms with Crippen LogP contribution in [0.1, 0.15) is 18.7 Å². The van der Waals surface area contributed by atoms with Crippen molar-refractivity contribution in [3.05, 3.63) is 12.2 Å². The van der Waals surface area contributed by atoms with E-state index >= 15 is 0 Å². The molecule has 0 spiro atoms. The average molecular weight is 290 g/mol. The summed E-state index contributed by atoms with van der Waals surface area (Å²) >= 11 is 0. The molecule has 1 aromatic rings. The Morgan fingerprint density at radius 2 is 2.26 bits per heavy atom. The minimum atomic E-state index is -3.37. The molecule has 0 aromatic carbocycles. The number of nitrogens with zero attached hydrogens (tertiary/aromatic N) is 3. The fourth-order valence-electron chi connectivity index (χ4n) is 1.40. The van der Waals surface area contributed by atoms with Gasteiger partial charge in [0.1, 0.15) is 6.33 Å². The van der Waals surface area contributed by atoms with E-state index < -0.39 is 16.0 Å². The molecule has 1 heterocycles. The molecule has 19 heavy (non-hydrogen) atoms. The average Bonchev–Trinajstić information content (AvgIpc) is 2.74. The maximum Gasteiger partial charge on any atom is 0.305 e. The number of aromatic nitrogens is 3. The molecule has 0 aliphatic heterocycles. The summed E-state index contributed by atoms with van der Waals surface area (Å²) in [7, 11) is -0.353. The molecule has 0 unspecified atom stereocenters. The van der Waals surface area contributed by atoms with Crippen molar-refractivity contribution in [2.45, 2.75) is 19.3 Å². The Balaban J connectivity index is 2.25. The highest BCUT2D eigenvalue weighted by atomic mass is 32.2. The summed E-state index contributed by atoms with van der Waals surface area (Å²) in [5.74, 6) is 0.0743. The van der Waals surface area contributed by atoms with Crippen LogP contribution in [0.3, 0.4) is 0 Å². The molecule has 8 nitrogen and oxygen atoms in total. The van der Waals surface area contributed by atoms with Crippen molar-refractivity contribution in [1.82, 2.24) is 19.5 Å². The standard InChI is InChI=1S/C10H18N4O4S/c1-14-8-11-9(13-14)5-6-12-19(16,17)7-3-4-10(15)18-2/h8,12H,3-7H2,1-2H3. The topological polar surface area (TPSA) is 103 Å². The van der Waals surface area contributed by atoms with Crippen molar-refractivity contribution in [3.63, 3.8) is 0 Å². The minimum Gasteiger partial charge on any atom is -0.469 e. The van der Waals surface area contributed by atoms with Crippen LogP contribution in [0.4, 0.5) is 0 Å². The Labute approximate surface area is 112 Å². The van der Waals surface area contributed by atoms with Crippen LogP contribution in [0.15, 0.2) is 6.33 Å². The van der Waals surface area contributed by atoms with E-state index in [1.165, 1.54) is 7.11 Å². The van der Waals surface area contributed by atoms with Crippen molar-refractivity contribution in [2.24, 2.45) is 7.05 Å². The fourth-order valence-corrected chi connectivity index (χ4v) is 2.48. The van der Waals surface area contributed by atoms with E-state index in [0.717, 1.165) is 0 Å². The number of sulfonamides is 1. The highest BCUT2D eigenvalue weighted by Gasteiger charge is 2.11. The van der Waals surface area contributed by atoms with Gasteiger partial charge in [0, 0.05) is 26.4 Å². The number of carbonyl (C=O) groups is 1. The number of hydrogen-bond acceptors (Lipinski definition) is 6. The second-order valence-corrected chi connectivity index (χ2v) is 5.90. The maximum atomic E-state index is 11.6. The molecular weight excluding hydrogens is 272 g/mol. The Morgan fingerprint density at radius 3 is 2.84 bits per heavy atom. The molecule has 0 atom stereocenters. The fraction of sp³-hybridized carbons (Fsp3) is 0.700. The lowest BCUT2D eigenvalue weighted by atomic mass is 10.3. The first-order valence-electron chi connectivity index (χ1n) is 5.81. The number of carbonyl (C=O) groups excluding carboxylic acids is 1. The maximum absolute atomic E-state index is 11.6. The van der Waals surface area contributed by atoms with Crippen LogP contribution in [0.5, 0.6) is 0 Å². The van der Waals surface area contributed by atoms with Gasteiger partial charge in [-0.05, 0) is 6.42 Å². The zero-order valence-electron chi connectivity index (χ0n) is 11.0. The van der Waals surface area contributed by atoms with Gasteiger partial charge in [0.2, 0.25) is 10.0 Å². The predicted octanol–water partition coefficient (Wildman–Crippen LogP) is -0.770. The summed E-state index contributed by atoms with van der Waals surface area (Å²) in [4.78, 5) is 14.8. The second-order valence-electron chi connectivity index (χ2n) is 3.98. The molecule has 0 radical (unpaired) electrons. The number of esters is 1. The Kier molecular flexibility index (Phi) is 5.90. The van der Waals surface area contributed by atoms with Crippen LogP contribution in [0, 0.1) is 0 Å². The van der Waals surface area contributed by atoms with Crippen LogP contribution in [-0.2, 0) is 33.0 Å². The number of rotatable bonds is 8. The predicted molar refractivity (Wildman–Crippen MR) is 67.7 cm³/mol. The number of nitrogens with one attached hydrogen (secondary N) is 1. The second kappa shape index (κ2) is 7.19. The van der Waals surface area contributed by atoms with E-state index in [0.29, 0.717) is 12.2 Å². The smallest absolute Gasteiger partial charge is 0.305 e. The lowest BCUT2D eigenvalue weighted by molar-refractivity contribution is -0.140. The van der Waals surface area contributed by atoms with Gasteiger partial charge in [-0.25, -0.2) is 18.1 Å². The van der Waals surface area contributed by atoms with Gasteiger partial charge in [-0.3, -0.25) is 9.48 Å². The molecule has 0 saturated heterocycles. The summed E-state index contributed by atoms with van der Waals surface area (Å²) in [6, 6.07) is 0. The quantitative estimate of drug-likeness (QED) is 0.631. The molecule has 9 heteroatoms. The highest BCUT2D eigenvalue weighted by Crippen LogP contribution is 1.97. The first kappa shape index (κ1) is 15.6. The zero-order chi connectivity index (χ0) is 14.3. The lowest BCUT2D eigenvalue weighted by Crippen LogP contribution is -2.28. The van der Waals surface area contributed by atoms with Crippen LogP contribution < -0.4 is 4.72 Å². The third-order valence-corrected chi connectivity index (χ3v) is 3.81. The van der Waals surface area contributed by atoms with Gasteiger partial charge < -0.3 is 4.74 Å². The van der Waals surface area contributed by atoms with Gasteiger partial charge in [0.25, 0.3) is 0 Å². The molecule has 0 amide bonds. The highest BCUT2D eigenvalue weighted by molar-refractivity contribution is 7.89. The first-order valence-corrected chi connectivity index (χ1v) is 7.47. The van der Waals surface area contributed by atoms with E-state index in [4.69, 9.17) is 0 Å². The molecule has 0 saturated carbocycles. The molecule has 0 aliphatic rings. The number of hydrogen-bond donors (Lipinski definition) is 1. The summed E-state index contributed by atoms with van der Waals surface area (Å²) in [6.07, 6.45) is 2.32. The number of ether oxygens (including phenoxy) is 1. The van der Waals surface area contributed by atoms with Gasteiger partial charge in [-0.15, -0.1) is 0 Å². The van der Waals surface area contributed by atoms with Crippen molar-refractivity contribution in [1.29, 1.82) is 0 Å². The van der Waals surface area contributed by atoms with Crippen molar-refractivity contribution < 1.29 is 17.9 Å². The summed E-state index contributed by atoms with van der Waals surface area (Å²) in [6.45, 7) is 0.241. The van der Waals surface area contributed by atoms with Gasteiger partial charge in [-0.1, -0.05) is 0 Å². The molecular formula is C10H18N4O4S. The van der Waals surface area contributed by atoms with Crippen molar-refractivity contribution >= 4 is 16.0 Å². The molecule has 0 aliphatic carbocycles. The Morgan fingerprint density at radius 1 is 1.53 bits per heavy atom. The van der Waals surface area contributed by atoms with Crippen LogP contribution in [0.25, 0.3) is 0 Å². The molecule has 0 fully saturated rings. The van der Waals surface area contributed by atoms with E-state index in [9.17, 15) is 13.2 Å². The zero-order valence-corrected chi connectivity index (χ0v) is 11.8. The number of aryl methyl sites for hydroxylation is 1. The first-order chi connectivity index (χ1) is 8.93. The van der Waals surface area contributed by atoms with E-state index in [1.54, 1.807) is 18.1 Å². The Hall–Kier alpha value is -1.48. The molecule has 108 valence electrons. The van der Waals surface area contributed by atoms with Crippen LogP contribution >= 0.6 is 0 Å². The largest absolute Gasteiger partial charge is 0.469 e. The molecule has 1 rings (SSSR count). The van der Waals surface area contributed by atoms with Gasteiger partial charge in [0.15, 0.2) is 5.82 Å². The van der Waals surface area contributed by atoms with Crippen molar-refractivity contribution in [2.75, 3.05) is 19.4 Å². The molecule has 1 aromatic heterocycles. The monoisotopic (exact) mass is 290 g/mol. The van der Waals surface area contributed by atoms with Crippen LogP contribution in [0.2, 0.25) is 0 Å². The Bertz CT molecular complexity index is 511. The van der Waals surface area contributed by atoms with Crippen LogP contribution in [-0.4, -0.2) is 48.6 Å². The van der Waals surface area contributed by atoms with Gasteiger partial charge >= 0.3 is 5.97 Å². The molecule has 1 N–H and O–H groups in total. The van der Waals surface area contributed by atoms with Gasteiger partial charge in [0.05, 0.1) is 12.9 Å². The summed E-state index contributed by atoms with van der Waals surface area (Å²) < 4.78 is 31.6. The van der Waals surface area contributed by atoms with Gasteiger partial charge in [-0.2, -0.15) is 5.10 Å². The van der Waals surface area contributed by atoms with E-state index in [-0.39, 0.29) is 25.1 Å². The summed E-state index contributed by atoms with van der Waals surface area (Å²) in [5, 5.41) is 4.04. The molecule has 0 bridgehead atoms. The van der Waals surface area contributed by atoms with E-state index in [1.807, 2.05) is 0 Å². The summed E-state index contributed by atoms with van der Waals surface area (Å²) in [5.41, 5.74) is 0. The third kappa shape index (κ3) is 6.30. The van der Waals surface area contributed by atoms with Crippen molar-refractivity contribution in [3.8, 4) is 0 Å². The SMILES string of the molecule is COC(=O)CCCS(=O)(=O)NCCc1ncn(C)n1.